The molecule has 4 aromatic rings. The number of ether oxygens (including phenoxy) is 1. The lowest BCUT2D eigenvalue weighted by Crippen LogP contribution is -2.36. The summed E-state index contributed by atoms with van der Waals surface area (Å²) in [5.74, 6) is 0.928. The second kappa shape index (κ2) is 8.82. The van der Waals surface area contributed by atoms with Crippen LogP contribution in [0.15, 0.2) is 59.3 Å². The van der Waals surface area contributed by atoms with Crippen molar-refractivity contribution < 1.29 is 27.1 Å². The number of anilines is 2. The highest BCUT2D eigenvalue weighted by atomic mass is 19.4. The summed E-state index contributed by atoms with van der Waals surface area (Å²) >= 11 is 0. The third-order valence-electron chi connectivity index (χ3n) is 5.54. The average Bonchev–Trinajstić information content (AvgIpc) is 3.47. The summed E-state index contributed by atoms with van der Waals surface area (Å²) in [5, 5.41) is 2.70. The number of nitrogens with zero attached hydrogens (tertiary/aromatic N) is 4. The van der Waals surface area contributed by atoms with Gasteiger partial charge in [0.1, 0.15) is 11.6 Å². The smallest absolute Gasteiger partial charge is 0.416 e. The first-order valence-corrected chi connectivity index (χ1v) is 10.6. The fourth-order valence-corrected chi connectivity index (χ4v) is 3.79. The minimum Gasteiger partial charge on any atom is -0.467 e. The van der Waals surface area contributed by atoms with E-state index in [1.165, 1.54) is 18.5 Å². The van der Waals surface area contributed by atoms with Gasteiger partial charge in [0.15, 0.2) is 0 Å². The van der Waals surface area contributed by atoms with Gasteiger partial charge in [-0.2, -0.15) is 13.2 Å². The molecule has 1 fully saturated rings. The molecule has 176 valence electrons. The molecule has 11 heteroatoms. The Hall–Kier alpha value is -3.86. The van der Waals surface area contributed by atoms with Gasteiger partial charge in [0.2, 0.25) is 5.95 Å². The Kier molecular flexibility index (Phi) is 5.70. The molecule has 1 saturated heterocycles. The van der Waals surface area contributed by atoms with Crippen molar-refractivity contribution in [3.05, 3.63) is 71.8 Å². The van der Waals surface area contributed by atoms with Gasteiger partial charge in [-0.05, 0) is 42.5 Å². The molecule has 0 saturated carbocycles. The summed E-state index contributed by atoms with van der Waals surface area (Å²) in [4.78, 5) is 23.6. The van der Waals surface area contributed by atoms with Crippen molar-refractivity contribution in [1.29, 1.82) is 0 Å². The number of rotatable bonds is 5. The lowest BCUT2D eigenvalue weighted by Gasteiger charge is -2.27. The van der Waals surface area contributed by atoms with E-state index in [9.17, 15) is 18.0 Å². The lowest BCUT2D eigenvalue weighted by molar-refractivity contribution is -0.137. The summed E-state index contributed by atoms with van der Waals surface area (Å²) < 4.78 is 51.9. The van der Waals surface area contributed by atoms with E-state index in [0.717, 1.165) is 31.0 Å². The van der Waals surface area contributed by atoms with Crippen molar-refractivity contribution in [1.82, 2.24) is 14.5 Å². The molecule has 1 aliphatic rings. The predicted molar refractivity (Wildman–Crippen MR) is 118 cm³/mol. The first kappa shape index (κ1) is 22.0. The highest BCUT2D eigenvalue weighted by Gasteiger charge is 2.31. The van der Waals surface area contributed by atoms with E-state index in [4.69, 9.17) is 9.15 Å². The number of amides is 1. The summed E-state index contributed by atoms with van der Waals surface area (Å²) in [6.45, 7) is 2.85. The molecule has 5 rings (SSSR count). The summed E-state index contributed by atoms with van der Waals surface area (Å²) in [5.41, 5.74) is 0.0194. The van der Waals surface area contributed by atoms with E-state index in [1.54, 1.807) is 28.8 Å². The molecule has 1 aliphatic heterocycles. The molecule has 1 amide bonds. The summed E-state index contributed by atoms with van der Waals surface area (Å²) in [6.07, 6.45) is -1.55. The largest absolute Gasteiger partial charge is 0.467 e. The maximum absolute atomic E-state index is 13.2. The van der Waals surface area contributed by atoms with Crippen molar-refractivity contribution in [3.63, 3.8) is 0 Å². The molecule has 0 spiro atoms. The number of hydrogen-bond donors (Lipinski definition) is 1. The Morgan fingerprint density at radius 3 is 2.62 bits per heavy atom. The van der Waals surface area contributed by atoms with Crippen molar-refractivity contribution in [2.24, 2.45) is 0 Å². The SMILES string of the molecule is O=C(Nc1nc2cc(C(F)(F)F)ccc2n1Cc1ccco1)c1ccc(N2CCOCC2)nc1. The topological polar surface area (TPSA) is 85.4 Å². The minimum absolute atomic E-state index is 0.105. The number of furan rings is 1. The quantitative estimate of drug-likeness (QED) is 0.470. The Morgan fingerprint density at radius 2 is 1.94 bits per heavy atom. The zero-order valence-electron chi connectivity index (χ0n) is 17.9. The van der Waals surface area contributed by atoms with Crippen LogP contribution in [0.2, 0.25) is 0 Å². The van der Waals surface area contributed by atoms with Crippen molar-refractivity contribution >= 4 is 28.7 Å². The van der Waals surface area contributed by atoms with E-state index >= 15 is 0 Å². The fourth-order valence-electron chi connectivity index (χ4n) is 3.79. The molecule has 0 aliphatic carbocycles. The number of pyridine rings is 1. The van der Waals surface area contributed by atoms with Crippen LogP contribution in [-0.2, 0) is 17.5 Å². The number of imidazole rings is 1. The molecule has 4 heterocycles. The number of hydrogen-bond acceptors (Lipinski definition) is 6. The zero-order chi connectivity index (χ0) is 23.7. The second-order valence-electron chi connectivity index (χ2n) is 7.76. The van der Waals surface area contributed by atoms with Gasteiger partial charge >= 0.3 is 6.18 Å². The van der Waals surface area contributed by atoms with Crippen LogP contribution >= 0.6 is 0 Å². The Balaban J connectivity index is 1.44. The molecule has 1 aromatic carbocycles. The van der Waals surface area contributed by atoms with E-state index < -0.39 is 17.6 Å². The predicted octanol–water partition coefficient (Wildman–Crippen LogP) is 4.18. The van der Waals surface area contributed by atoms with Crippen LogP contribution in [-0.4, -0.2) is 46.7 Å². The lowest BCUT2D eigenvalue weighted by atomic mass is 10.2. The van der Waals surface area contributed by atoms with Gasteiger partial charge in [-0.1, -0.05) is 0 Å². The van der Waals surface area contributed by atoms with Crippen LogP contribution < -0.4 is 10.2 Å². The second-order valence-corrected chi connectivity index (χ2v) is 7.76. The standard InChI is InChI=1S/C23H20F3N5O3/c24-23(25,26)16-4-5-19-18(12-16)28-22(31(19)14-17-2-1-9-34-17)29-21(32)15-3-6-20(27-13-15)30-7-10-33-11-8-30/h1-6,9,12-13H,7-8,10-11,14H2,(H,28,29,32). The van der Waals surface area contributed by atoms with Gasteiger partial charge in [0, 0.05) is 19.3 Å². The highest BCUT2D eigenvalue weighted by Crippen LogP contribution is 2.32. The normalized spacial score (nSPS) is 14.5. The zero-order valence-corrected chi connectivity index (χ0v) is 17.9. The molecule has 8 nitrogen and oxygen atoms in total. The number of carbonyl (C=O) groups is 1. The molecule has 0 atom stereocenters. The van der Waals surface area contributed by atoms with Gasteiger partial charge in [-0.15, -0.1) is 0 Å². The van der Waals surface area contributed by atoms with Gasteiger partial charge in [-0.3, -0.25) is 10.1 Å². The summed E-state index contributed by atoms with van der Waals surface area (Å²) in [6, 6.07) is 10.1. The Labute approximate surface area is 192 Å². The molecule has 1 N–H and O–H groups in total. The van der Waals surface area contributed by atoms with Crippen LogP contribution in [0.5, 0.6) is 0 Å². The molecular weight excluding hydrogens is 451 g/mol. The fraction of sp³-hybridized carbons (Fsp3) is 0.261. The molecule has 3 aromatic heterocycles. The highest BCUT2D eigenvalue weighted by molar-refractivity contribution is 6.04. The molecule has 34 heavy (non-hydrogen) atoms. The number of alkyl halides is 3. The van der Waals surface area contributed by atoms with Crippen LogP contribution in [0.1, 0.15) is 21.7 Å². The molecule has 0 bridgehead atoms. The number of fused-ring (bicyclic) bond motifs is 1. The van der Waals surface area contributed by atoms with Gasteiger partial charge in [0.25, 0.3) is 5.91 Å². The van der Waals surface area contributed by atoms with E-state index in [1.807, 2.05) is 0 Å². The maximum Gasteiger partial charge on any atom is 0.416 e. The van der Waals surface area contributed by atoms with E-state index in [0.29, 0.717) is 30.1 Å². The van der Waals surface area contributed by atoms with Crippen molar-refractivity contribution in [2.45, 2.75) is 12.7 Å². The molecule has 0 unspecified atom stereocenters. The Bertz CT molecular complexity index is 1290. The summed E-state index contributed by atoms with van der Waals surface area (Å²) in [7, 11) is 0. The minimum atomic E-state index is -4.50. The molecule has 0 radical (unpaired) electrons. The Morgan fingerprint density at radius 1 is 1.12 bits per heavy atom. The number of carbonyl (C=O) groups excluding carboxylic acids is 1. The third-order valence-corrected chi connectivity index (χ3v) is 5.54. The first-order chi connectivity index (χ1) is 16.4. The van der Waals surface area contributed by atoms with Crippen LogP contribution in [0.4, 0.5) is 24.9 Å². The van der Waals surface area contributed by atoms with Crippen molar-refractivity contribution in [2.75, 3.05) is 36.5 Å². The monoisotopic (exact) mass is 471 g/mol. The number of halogens is 3. The first-order valence-electron chi connectivity index (χ1n) is 10.6. The average molecular weight is 471 g/mol. The van der Waals surface area contributed by atoms with Crippen molar-refractivity contribution in [3.8, 4) is 0 Å². The number of morpholine rings is 1. The van der Waals surface area contributed by atoms with E-state index in [2.05, 4.69) is 20.2 Å². The van der Waals surface area contributed by atoms with E-state index in [-0.39, 0.29) is 18.0 Å². The number of nitrogens with one attached hydrogen (secondary N) is 1. The van der Waals surface area contributed by atoms with Crippen LogP contribution in [0.25, 0.3) is 11.0 Å². The van der Waals surface area contributed by atoms with Crippen LogP contribution in [0.3, 0.4) is 0 Å². The maximum atomic E-state index is 13.2. The number of aromatic nitrogens is 3. The number of benzene rings is 1. The van der Waals surface area contributed by atoms with Crippen LogP contribution in [0, 0.1) is 0 Å². The van der Waals surface area contributed by atoms with Gasteiger partial charge in [0.05, 0.1) is 48.2 Å². The van der Waals surface area contributed by atoms with Gasteiger partial charge in [-0.25, -0.2) is 9.97 Å². The van der Waals surface area contributed by atoms with Gasteiger partial charge < -0.3 is 18.6 Å². The third kappa shape index (κ3) is 4.46. The molecular formula is C23H20F3N5O3.